The van der Waals surface area contributed by atoms with Crippen LogP contribution in [-0.2, 0) is 0 Å². The van der Waals surface area contributed by atoms with Gasteiger partial charge in [0.25, 0.3) is 0 Å². The van der Waals surface area contributed by atoms with Crippen LogP contribution in [0.1, 0.15) is 32.6 Å². The maximum Gasteiger partial charge on any atom is 0.107 e. The largest absolute Gasteiger partial charge is 0.378 e. The van der Waals surface area contributed by atoms with Gasteiger partial charge in [-0.1, -0.05) is 19.8 Å². The van der Waals surface area contributed by atoms with Crippen molar-refractivity contribution < 1.29 is 5.11 Å². The fourth-order valence-electron chi connectivity index (χ4n) is 1.51. The van der Waals surface area contributed by atoms with E-state index < -0.39 is 0 Å². The molecule has 2 atom stereocenters. The summed E-state index contributed by atoms with van der Waals surface area (Å²) in [6.45, 7) is 3.26. The Labute approximate surface area is 88.5 Å². The van der Waals surface area contributed by atoms with Gasteiger partial charge >= 0.3 is 0 Å². The molecule has 0 saturated carbocycles. The van der Waals surface area contributed by atoms with Gasteiger partial charge < -0.3 is 10.0 Å². The Kier molecular flexibility index (Phi) is 8.14. The van der Waals surface area contributed by atoms with Gasteiger partial charge in [0.05, 0.1) is 0 Å². The van der Waals surface area contributed by atoms with Crippen molar-refractivity contribution in [2.45, 2.75) is 38.8 Å². The van der Waals surface area contributed by atoms with E-state index in [1.165, 1.54) is 25.8 Å². The van der Waals surface area contributed by atoms with Gasteiger partial charge in [0.1, 0.15) is 6.23 Å². The van der Waals surface area contributed by atoms with Crippen molar-refractivity contribution in [2.24, 2.45) is 5.92 Å². The summed E-state index contributed by atoms with van der Waals surface area (Å²) in [5.41, 5.74) is 0. The predicted molar refractivity (Wildman–Crippen MR) is 61.3 cm³/mol. The van der Waals surface area contributed by atoms with Crippen molar-refractivity contribution in [3.63, 3.8) is 0 Å². The van der Waals surface area contributed by atoms with Crippen LogP contribution in [0.2, 0.25) is 0 Å². The second-order valence-corrected chi connectivity index (χ2v) is 4.36. The fraction of sp³-hybridized carbons (Fsp3) is 1.00. The molecule has 0 spiro atoms. The first-order valence-corrected chi connectivity index (χ1v) is 5.58. The lowest BCUT2D eigenvalue weighted by Crippen LogP contribution is -2.31. The SMILES string of the molecule is CNC(O)C(C)CCCCCN(C)C. The number of hydrogen-bond donors (Lipinski definition) is 2. The van der Waals surface area contributed by atoms with E-state index >= 15 is 0 Å². The molecule has 14 heavy (non-hydrogen) atoms. The molecule has 86 valence electrons. The average molecular weight is 202 g/mol. The van der Waals surface area contributed by atoms with Gasteiger partial charge in [-0.05, 0) is 46.4 Å². The number of nitrogens with one attached hydrogen (secondary N) is 1. The van der Waals surface area contributed by atoms with Crippen molar-refractivity contribution in [3.8, 4) is 0 Å². The zero-order valence-corrected chi connectivity index (χ0v) is 10.1. The Morgan fingerprint density at radius 2 is 1.86 bits per heavy atom. The molecule has 0 aromatic rings. The Morgan fingerprint density at radius 1 is 1.21 bits per heavy atom. The number of hydrogen-bond acceptors (Lipinski definition) is 3. The van der Waals surface area contributed by atoms with E-state index in [0.717, 1.165) is 6.42 Å². The Morgan fingerprint density at radius 3 is 2.36 bits per heavy atom. The third-order valence-electron chi connectivity index (χ3n) is 2.60. The lowest BCUT2D eigenvalue weighted by molar-refractivity contribution is 0.0851. The molecule has 0 aromatic heterocycles. The molecular weight excluding hydrogens is 176 g/mol. The summed E-state index contributed by atoms with van der Waals surface area (Å²) >= 11 is 0. The van der Waals surface area contributed by atoms with Crippen LogP contribution in [-0.4, -0.2) is 43.9 Å². The number of nitrogens with zero attached hydrogens (tertiary/aromatic N) is 1. The van der Waals surface area contributed by atoms with Crippen LogP contribution < -0.4 is 5.32 Å². The topological polar surface area (TPSA) is 35.5 Å². The lowest BCUT2D eigenvalue weighted by Gasteiger charge is -2.17. The van der Waals surface area contributed by atoms with E-state index in [-0.39, 0.29) is 6.23 Å². The Bertz CT molecular complexity index is 128. The third-order valence-corrected chi connectivity index (χ3v) is 2.60. The summed E-state index contributed by atoms with van der Waals surface area (Å²) in [4.78, 5) is 2.21. The Hall–Kier alpha value is -0.120. The molecule has 0 radical (unpaired) electrons. The van der Waals surface area contributed by atoms with Crippen LogP contribution in [0.3, 0.4) is 0 Å². The van der Waals surface area contributed by atoms with Gasteiger partial charge in [0, 0.05) is 0 Å². The second kappa shape index (κ2) is 8.21. The minimum atomic E-state index is -0.344. The van der Waals surface area contributed by atoms with Gasteiger partial charge in [-0.3, -0.25) is 5.32 Å². The van der Waals surface area contributed by atoms with Gasteiger partial charge in [0.2, 0.25) is 0 Å². The smallest absolute Gasteiger partial charge is 0.107 e. The van der Waals surface area contributed by atoms with Gasteiger partial charge in [0.15, 0.2) is 0 Å². The summed E-state index contributed by atoms with van der Waals surface area (Å²) in [5.74, 6) is 0.361. The van der Waals surface area contributed by atoms with E-state index in [4.69, 9.17) is 0 Å². The maximum atomic E-state index is 9.45. The summed E-state index contributed by atoms with van der Waals surface area (Å²) in [7, 11) is 6.01. The van der Waals surface area contributed by atoms with Crippen molar-refractivity contribution in [1.29, 1.82) is 0 Å². The summed E-state index contributed by atoms with van der Waals surface area (Å²) in [5, 5.41) is 12.3. The highest BCUT2D eigenvalue weighted by atomic mass is 16.3. The molecule has 0 aliphatic rings. The van der Waals surface area contributed by atoms with Gasteiger partial charge in [-0.2, -0.15) is 0 Å². The Balaban J connectivity index is 3.27. The highest BCUT2D eigenvalue weighted by molar-refractivity contribution is 4.60. The molecule has 0 rings (SSSR count). The minimum Gasteiger partial charge on any atom is -0.378 e. The van der Waals surface area contributed by atoms with Crippen molar-refractivity contribution in [3.05, 3.63) is 0 Å². The van der Waals surface area contributed by atoms with E-state index in [0.29, 0.717) is 5.92 Å². The monoisotopic (exact) mass is 202 g/mol. The lowest BCUT2D eigenvalue weighted by atomic mass is 10.0. The molecule has 0 aliphatic heterocycles. The van der Waals surface area contributed by atoms with Crippen LogP contribution in [0.25, 0.3) is 0 Å². The van der Waals surface area contributed by atoms with Crippen LogP contribution in [0.15, 0.2) is 0 Å². The molecule has 0 amide bonds. The number of aliphatic hydroxyl groups is 1. The van der Waals surface area contributed by atoms with E-state index in [2.05, 4.69) is 31.2 Å². The third kappa shape index (κ3) is 7.30. The first kappa shape index (κ1) is 13.9. The molecule has 0 aromatic carbocycles. The zero-order chi connectivity index (χ0) is 11.0. The average Bonchev–Trinajstić information content (AvgIpc) is 2.15. The molecule has 0 fully saturated rings. The molecule has 0 saturated heterocycles. The second-order valence-electron chi connectivity index (χ2n) is 4.36. The first-order valence-electron chi connectivity index (χ1n) is 5.58. The highest BCUT2D eigenvalue weighted by Gasteiger charge is 2.10. The zero-order valence-electron chi connectivity index (χ0n) is 10.1. The minimum absolute atomic E-state index is 0.344. The fourth-order valence-corrected chi connectivity index (χ4v) is 1.51. The van der Waals surface area contributed by atoms with Crippen molar-refractivity contribution >= 4 is 0 Å². The van der Waals surface area contributed by atoms with Gasteiger partial charge in [-0.25, -0.2) is 0 Å². The van der Waals surface area contributed by atoms with Crippen LogP contribution in [0.5, 0.6) is 0 Å². The summed E-state index contributed by atoms with van der Waals surface area (Å²) in [6.07, 6.45) is 4.50. The van der Waals surface area contributed by atoms with Crippen molar-refractivity contribution in [2.75, 3.05) is 27.7 Å². The first-order chi connectivity index (χ1) is 6.57. The maximum absolute atomic E-state index is 9.45. The molecular formula is C11H26N2O. The van der Waals surface area contributed by atoms with E-state index in [1.807, 2.05) is 0 Å². The van der Waals surface area contributed by atoms with Gasteiger partial charge in [-0.15, -0.1) is 0 Å². The number of aliphatic hydroxyl groups excluding tert-OH is 1. The highest BCUT2D eigenvalue weighted by Crippen LogP contribution is 2.11. The summed E-state index contributed by atoms with van der Waals surface area (Å²) in [6, 6.07) is 0. The number of rotatable bonds is 8. The molecule has 3 heteroatoms. The molecule has 0 bridgehead atoms. The van der Waals surface area contributed by atoms with Crippen LogP contribution in [0, 0.1) is 5.92 Å². The molecule has 2 N–H and O–H groups in total. The summed E-state index contributed by atoms with van der Waals surface area (Å²) < 4.78 is 0. The van der Waals surface area contributed by atoms with Crippen molar-refractivity contribution in [1.82, 2.24) is 10.2 Å². The normalized spacial score (nSPS) is 15.9. The van der Waals surface area contributed by atoms with Crippen LogP contribution >= 0.6 is 0 Å². The molecule has 0 aliphatic carbocycles. The number of unbranched alkanes of at least 4 members (excludes halogenated alkanes) is 2. The quantitative estimate of drug-likeness (QED) is 0.460. The predicted octanol–water partition coefficient (Wildman–Crippen LogP) is 1.28. The molecule has 0 heterocycles. The van der Waals surface area contributed by atoms with Crippen LogP contribution in [0.4, 0.5) is 0 Å². The standard InChI is InChI=1S/C11H26N2O/c1-10(11(14)12-2)8-6-5-7-9-13(3)4/h10-12,14H,5-9H2,1-4H3. The molecule has 2 unspecified atom stereocenters. The van der Waals surface area contributed by atoms with E-state index in [1.54, 1.807) is 7.05 Å². The molecule has 3 nitrogen and oxygen atoms in total. The van der Waals surface area contributed by atoms with E-state index in [9.17, 15) is 5.11 Å².